The highest BCUT2D eigenvalue weighted by Crippen LogP contribution is 2.15. The Labute approximate surface area is 191 Å². The summed E-state index contributed by atoms with van der Waals surface area (Å²) >= 11 is 0. The highest BCUT2D eigenvalue weighted by Gasteiger charge is 2.27. The van der Waals surface area contributed by atoms with Gasteiger partial charge in [0.2, 0.25) is 0 Å². The van der Waals surface area contributed by atoms with E-state index in [1.165, 1.54) is 0 Å². The molecular formula is C21H35IN4O3. The number of hydrogen-bond donors (Lipinski definition) is 3. The van der Waals surface area contributed by atoms with E-state index in [0.29, 0.717) is 13.1 Å². The fraction of sp³-hybridized carbons (Fsp3) is 0.619. The summed E-state index contributed by atoms with van der Waals surface area (Å²) in [5, 5.41) is 16.3. The number of phenols is 1. The number of carbonyl (C=O) groups excluding carboxylic acids is 1. The quantitative estimate of drug-likeness (QED) is 0.316. The standard InChI is InChI=1S/C21H34N4O3.HI/c1-5-22-19(23-12-11-16-8-6-10-18(26)14-16)24-17-9-7-13-25(15-17)20(27)28-21(2,3)4;/h6,8,10,14,17,26H,5,7,9,11-13,15H2,1-4H3,(H2,22,23,24);1H. The summed E-state index contributed by atoms with van der Waals surface area (Å²) in [7, 11) is 0. The van der Waals surface area contributed by atoms with Crippen molar-refractivity contribution < 1.29 is 14.6 Å². The average molecular weight is 518 g/mol. The number of nitrogens with one attached hydrogen (secondary N) is 2. The van der Waals surface area contributed by atoms with Crippen molar-refractivity contribution in [1.29, 1.82) is 0 Å². The van der Waals surface area contributed by atoms with E-state index in [0.717, 1.165) is 43.9 Å². The molecule has 0 aromatic heterocycles. The van der Waals surface area contributed by atoms with Gasteiger partial charge < -0.3 is 25.4 Å². The number of carbonyl (C=O) groups is 1. The highest BCUT2D eigenvalue weighted by molar-refractivity contribution is 14.0. The van der Waals surface area contributed by atoms with E-state index in [1.54, 1.807) is 17.0 Å². The van der Waals surface area contributed by atoms with Gasteiger partial charge >= 0.3 is 6.09 Å². The number of benzene rings is 1. The molecule has 1 aromatic carbocycles. The largest absolute Gasteiger partial charge is 0.508 e. The van der Waals surface area contributed by atoms with Crippen molar-refractivity contribution in [3.63, 3.8) is 0 Å². The predicted octanol–water partition coefficient (Wildman–Crippen LogP) is 3.51. The first-order chi connectivity index (χ1) is 13.3. The lowest BCUT2D eigenvalue weighted by Gasteiger charge is -2.35. The van der Waals surface area contributed by atoms with Crippen LogP contribution in [0.1, 0.15) is 46.1 Å². The second-order valence-electron chi connectivity index (χ2n) is 8.09. The number of rotatable bonds is 5. The summed E-state index contributed by atoms with van der Waals surface area (Å²) in [5.41, 5.74) is 0.563. The van der Waals surface area contributed by atoms with Crippen molar-refractivity contribution in [3.05, 3.63) is 29.8 Å². The van der Waals surface area contributed by atoms with E-state index in [1.807, 2.05) is 39.8 Å². The minimum absolute atomic E-state index is 0. The van der Waals surface area contributed by atoms with Crippen LogP contribution in [0.4, 0.5) is 4.79 Å². The first-order valence-corrected chi connectivity index (χ1v) is 10.1. The third-order valence-electron chi connectivity index (χ3n) is 4.34. The van der Waals surface area contributed by atoms with E-state index < -0.39 is 5.60 Å². The third kappa shape index (κ3) is 9.56. The van der Waals surface area contributed by atoms with E-state index in [9.17, 15) is 9.90 Å². The molecule has 3 N–H and O–H groups in total. The molecule has 8 heteroatoms. The molecule has 7 nitrogen and oxygen atoms in total. The van der Waals surface area contributed by atoms with Crippen LogP contribution in [0.2, 0.25) is 0 Å². The summed E-state index contributed by atoms with van der Waals surface area (Å²) in [5.74, 6) is 1.02. The second-order valence-corrected chi connectivity index (χ2v) is 8.09. The number of hydrogen-bond acceptors (Lipinski definition) is 4. The zero-order valence-corrected chi connectivity index (χ0v) is 20.2. The maximum Gasteiger partial charge on any atom is 0.410 e. The van der Waals surface area contributed by atoms with E-state index in [-0.39, 0.29) is 41.9 Å². The molecule has 0 bridgehead atoms. The van der Waals surface area contributed by atoms with Gasteiger partial charge in [0.05, 0.1) is 0 Å². The Morgan fingerprint density at radius 3 is 2.79 bits per heavy atom. The van der Waals surface area contributed by atoms with Crippen LogP contribution in [0, 0.1) is 0 Å². The topological polar surface area (TPSA) is 86.2 Å². The summed E-state index contributed by atoms with van der Waals surface area (Å²) in [6.07, 6.45) is 2.40. The van der Waals surface area contributed by atoms with E-state index in [2.05, 4.69) is 15.6 Å². The molecule has 0 aliphatic carbocycles. The van der Waals surface area contributed by atoms with Gasteiger partial charge in [0.25, 0.3) is 0 Å². The number of ether oxygens (including phenoxy) is 1. The number of amides is 1. The summed E-state index contributed by atoms with van der Waals surface area (Å²) in [4.78, 5) is 18.7. The Hall–Kier alpha value is -1.71. The maximum absolute atomic E-state index is 12.3. The van der Waals surface area contributed by atoms with Crippen LogP contribution >= 0.6 is 24.0 Å². The SMILES string of the molecule is CCNC(=NCCc1cccc(O)c1)NC1CCCN(C(=O)OC(C)(C)C)C1.I. The lowest BCUT2D eigenvalue weighted by atomic mass is 10.1. The molecule has 164 valence electrons. The number of guanidine groups is 1. The molecule has 1 unspecified atom stereocenters. The van der Waals surface area contributed by atoms with Gasteiger partial charge in [-0.3, -0.25) is 4.99 Å². The van der Waals surface area contributed by atoms with Crippen molar-refractivity contribution in [2.75, 3.05) is 26.2 Å². The monoisotopic (exact) mass is 518 g/mol. The highest BCUT2D eigenvalue weighted by atomic mass is 127. The van der Waals surface area contributed by atoms with Crippen LogP contribution in [-0.4, -0.2) is 59.9 Å². The Morgan fingerprint density at radius 1 is 1.38 bits per heavy atom. The first-order valence-electron chi connectivity index (χ1n) is 10.1. The molecule has 1 aromatic rings. The lowest BCUT2D eigenvalue weighted by Crippen LogP contribution is -2.53. The molecular weight excluding hydrogens is 483 g/mol. The molecule has 1 heterocycles. The fourth-order valence-corrected chi connectivity index (χ4v) is 3.11. The number of likely N-dealkylation sites (tertiary alicyclic amines) is 1. The number of aromatic hydroxyl groups is 1. The number of phenolic OH excluding ortho intramolecular Hbond substituents is 1. The Kier molecular flexibility index (Phi) is 10.6. The van der Waals surface area contributed by atoms with Crippen LogP contribution in [0.15, 0.2) is 29.3 Å². The molecule has 2 rings (SSSR count). The molecule has 1 saturated heterocycles. The Bertz CT molecular complexity index is 676. The number of nitrogens with zero attached hydrogens (tertiary/aromatic N) is 2. The van der Waals surface area contributed by atoms with Crippen molar-refractivity contribution in [2.24, 2.45) is 4.99 Å². The Balaban J connectivity index is 0.00000420. The van der Waals surface area contributed by atoms with Crippen molar-refractivity contribution in [1.82, 2.24) is 15.5 Å². The van der Waals surface area contributed by atoms with Crippen LogP contribution in [0.25, 0.3) is 0 Å². The van der Waals surface area contributed by atoms with Gasteiger partial charge in [-0.05, 0) is 64.7 Å². The van der Waals surface area contributed by atoms with Gasteiger partial charge in [-0.25, -0.2) is 4.79 Å². The number of halogens is 1. The van der Waals surface area contributed by atoms with Crippen LogP contribution < -0.4 is 10.6 Å². The smallest absolute Gasteiger partial charge is 0.410 e. The minimum atomic E-state index is -0.486. The zero-order chi connectivity index (χ0) is 20.6. The van der Waals surface area contributed by atoms with Crippen LogP contribution in [0.3, 0.4) is 0 Å². The summed E-state index contributed by atoms with van der Waals surface area (Å²) in [6, 6.07) is 7.38. The number of piperidine rings is 1. The molecule has 1 aliphatic heterocycles. The third-order valence-corrected chi connectivity index (χ3v) is 4.34. The molecule has 1 fully saturated rings. The van der Waals surface area contributed by atoms with Crippen molar-refractivity contribution >= 4 is 36.0 Å². The molecule has 0 radical (unpaired) electrons. The molecule has 1 aliphatic rings. The average Bonchev–Trinajstić information content (AvgIpc) is 2.61. The van der Waals surface area contributed by atoms with Gasteiger partial charge in [0.15, 0.2) is 5.96 Å². The van der Waals surface area contributed by atoms with E-state index in [4.69, 9.17) is 4.74 Å². The molecule has 1 atom stereocenters. The maximum atomic E-state index is 12.3. The van der Waals surface area contributed by atoms with Crippen molar-refractivity contribution in [2.45, 2.75) is 58.6 Å². The second kappa shape index (κ2) is 12.1. The summed E-state index contributed by atoms with van der Waals surface area (Å²) < 4.78 is 5.49. The summed E-state index contributed by atoms with van der Waals surface area (Å²) in [6.45, 7) is 10.4. The van der Waals surface area contributed by atoms with Gasteiger partial charge in [0.1, 0.15) is 11.4 Å². The number of aliphatic imine (C=N–C) groups is 1. The van der Waals surface area contributed by atoms with Gasteiger partial charge in [0, 0.05) is 32.2 Å². The van der Waals surface area contributed by atoms with Gasteiger partial charge in [-0.15, -0.1) is 24.0 Å². The normalized spacial score (nSPS) is 17.3. The minimum Gasteiger partial charge on any atom is -0.508 e. The van der Waals surface area contributed by atoms with Gasteiger partial charge in [-0.2, -0.15) is 0 Å². The van der Waals surface area contributed by atoms with Crippen molar-refractivity contribution in [3.8, 4) is 5.75 Å². The zero-order valence-electron chi connectivity index (χ0n) is 17.9. The molecule has 0 spiro atoms. The molecule has 1 amide bonds. The Morgan fingerprint density at radius 2 is 2.14 bits per heavy atom. The molecule has 29 heavy (non-hydrogen) atoms. The molecule has 0 saturated carbocycles. The predicted molar refractivity (Wildman–Crippen MR) is 127 cm³/mol. The lowest BCUT2D eigenvalue weighted by molar-refractivity contribution is 0.0193. The van der Waals surface area contributed by atoms with Crippen LogP contribution in [-0.2, 0) is 11.2 Å². The van der Waals surface area contributed by atoms with Gasteiger partial charge in [-0.1, -0.05) is 12.1 Å². The van der Waals surface area contributed by atoms with E-state index >= 15 is 0 Å². The fourth-order valence-electron chi connectivity index (χ4n) is 3.11. The van der Waals surface area contributed by atoms with Crippen LogP contribution in [0.5, 0.6) is 5.75 Å². The first kappa shape index (κ1) is 25.3.